The molecular weight excluding hydrogens is 256 g/mol. The molecule has 0 aromatic rings. The summed E-state index contributed by atoms with van der Waals surface area (Å²) < 4.78 is 0. The summed E-state index contributed by atoms with van der Waals surface area (Å²) in [5.41, 5.74) is 0. The molecule has 0 aromatic heterocycles. The Morgan fingerprint density at radius 1 is 1.53 bits per heavy atom. The number of carbonyl (C=O) groups excluding carboxylic acids is 1. The molecule has 102 valence electrons. The Labute approximate surface area is 115 Å². The topological polar surface area (TPSA) is 41.1 Å². The van der Waals surface area contributed by atoms with Gasteiger partial charge < -0.3 is 10.6 Å². The Kier molecular flexibility index (Phi) is 10.1. The Morgan fingerprint density at radius 3 is 2.88 bits per heavy atom. The minimum Gasteiger partial charge on any atom is -0.352 e. The third-order valence-corrected chi connectivity index (χ3v) is 3.85. The Hall–Kier alpha value is 0.0700. The number of nitrogens with one attached hydrogen (secondary N) is 2. The Morgan fingerprint density at radius 2 is 2.29 bits per heavy atom. The first kappa shape index (κ1) is 17.1. The van der Waals surface area contributed by atoms with Crippen LogP contribution in [0.3, 0.4) is 0 Å². The largest absolute Gasteiger partial charge is 0.352 e. The molecule has 0 saturated carbocycles. The van der Waals surface area contributed by atoms with Crippen LogP contribution in [0.25, 0.3) is 0 Å². The van der Waals surface area contributed by atoms with Gasteiger partial charge in [-0.1, -0.05) is 13.3 Å². The molecule has 5 heteroatoms. The summed E-state index contributed by atoms with van der Waals surface area (Å²) in [5, 5.41) is 6.37. The van der Waals surface area contributed by atoms with Gasteiger partial charge in [-0.25, -0.2) is 0 Å². The highest BCUT2D eigenvalue weighted by atomic mass is 35.5. The maximum absolute atomic E-state index is 11.9. The predicted octanol–water partition coefficient (Wildman–Crippen LogP) is 2.20. The molecule has 0 aromatic carbocycles. The molecule has 1 amide bonds. The average Bonchev–Trinajstić information content (AvgIpc) is 2.30. The number of rotatable bonds is 6. The molecular formula is C12H25ClN2OS. The summed E-state index contributed by atoms with van der Waals surface area (Å²) in [6.07, 6.45) is 4.43. The molecule has 1 aliphatic rings. The van der Waals surface area contributed by atoms with Gasteiger partial charge in [-0.15, -0.1) is 12.4 Å². The first-order chi connectivity index (χ1) is 7.74. The summed E-state index contributed by atoms with van der Waals surface area (Å²) in [6.45, 7) is 5.25. The lowest BCUT2D eigenvalue weighted by Gasteiger charge is -2.24. The molecule has 1 aliphatic heterocycles. The van der Waals surface area contributed by atoms with Gasteiger partial charge in [0, 0.05) is 6.04 Å². The average molecular weight is 281 g/mol. The molecule has 1 fully saturated rings. The van der Waals surface area contributed by atoms with E-state index in [4.69, 9.17) is 0 Å². The summed E-state index contributed by atoms with van der Waals surface area (Å²) in [5.74, 6) is 2.48. The van der Waals surface area contributed by atoms with E-state index in [0.717, 1.165) is 30.9 Å². The highest BCUT2D eigenvalue weighted by molar-refractivity contribution is 7.99. The van der Waals surface area contributed by atoms with Gasteiger partial charge in [0.2, 0.25) is 5.91 Å². The third-order valence-electron chi connectivity index (χ3n) is 2.91. The molecule has 0 aliphatic carbocycles. The van der Waals surface area contributed by atoms with E-state index in [1.54, 1.807) is 0 Å². The summed E-state index contributed by atoms with van der Waals surface area (Å²) in [7, 11) is 0. The van der Waals surface area contributed by atoms with Crippen LogP contribution in [-0.2, 0) is 4.79 Å². The van der Waals surface area contributed by atoms with E-state index in [1.807, 2.05) is 11.8 Å². The number of hydrogen-bond donors (Lipinski definition) is 2. The molecule has 3 nitrogen and oxygen atoms in total. The van der Waals surface area contributed by atoms with Gasteiger partial charge in [-0.05, 0) is 44.2 Å². The second kappa shape index (κ2) is 10.0. The van der Waals surface area contributed by atoms with Crippen molar-refractivity contribution < 1.29 is 4.79 Å². The maximum atomic E-state index is 11.9. The van der Waals surface area contributed by atoms with Crippen LogP contribution in [-0.4, -0.2) is 36.0 Å². The van der Waals surface area contributed by atoms with E-state index >= 15 is 0 Å². The standard InChI is InChI=1S/C12H24N2OS.ClH/c1-3-16-9-7-10(2)14-12(15)11-6-4-5-8-13-11;/h10-11,13H,3-9H2,1-2H3,(H,14,15);1H. The molecule has 1 rings (SSSR count). The molecule has 17 heavy (non-hydrogen) atoms. The van der Waals surface area contributed by atoms with Crippen molar-refractivity contribution in [3.05, 3.63) is 0 Å². The molecule has 1 saturated heterocycles. The van der Waals surface area contributed by atoms with Crippen molar-refractivity contribution in [1.82, 2.24) is 10.6 Å². The fraction of sp³-hybridized carbons (Fsp3) is 0.917. The smallest absolute Gasteiger partial charge is 0.237 e. The number of piperidine rings is 1. The zero-order valence-corrected chi connectivity index (χ0v) is 12.5. The SMILES string of the molecule is CCSCCC(C)NC(=O)C1CCCCN1.Cl. The fourth-order valence-corrected chi connectivity index (χ4v) is 2.70. The maximum Gasteiger partial charge on any atom is 0.237 e. The number of hydrogen-bond acceptors (Lipinski definition) is 3. The number of halogens is 1. The Bertz CT molecular complexity index is 211. The van der Waals surface area contributed by atoms with E-state index in [1.165, 1.54) is 12.8 Å². The van der Waals surface area contributed by atoms with Crippen molar-refractivity contribution in [1.29, 1.82) is 0 Å². The van der Waals surface area contributed by atoms with Gasteiger partial charge in [0.15, 0.2) is 0 Å². The second-order valence-corrected chi connectivity index (χ2v) is 5.79. The molecule has 1 heterocycles. The normalized spacial score (nSPS) is 21.4. The highest BCUT2D eigenvalue weighted by Crippen LogP contribution is 2.08. The zero-order chi connectivity index (χ0) is 11.8. The quantitative estimate of drug-likeness (QED) is 0.733. The van der Waals surface area contributed by atoms with E-state index in [0.29, 0.717) is 6.04 Å². The molecule has 2 N–H and O–H groups in total. The summed E-state index contributed by atoms with van der Waals surface area (Å²) >= 11 is 1.93. The second-order valence-electron chi connectivity index (χ2n) is 4.40. The van der Waals surface area contributed by atoms with Gasteiger partial charge in [0.1, 0.15) is 0 Å². The van der Waals surface area contributed by atoms with Crippen LogP contribution in [0.1, 0.15) is 39.5 Å². The van der Waals surface area contributed by atoms with Gasteiger partial charge in [-0.2, -0.15) is 11.8 Å². The lowest BCUT2D eigenvalue weighted by atomic mass is 10.0. The van der Waals surface area contributed by atoms with E-state index < -0.39 is 0 Å². The highest BCUT2D eigenvalue weighted by Gasteiger charge is 2.21. The molecule has 0 spiro atoms. The van der Waals surface area contributed by atoms with E-state index in [9.17, 15) is 4.79 Å². The van der Waals surface area contributed by atoms with Crippen LogP contribution in [0, 0.1) is 0 Å². The van der Waals surface area contributed by atoms with E-state index in [2.05, 4.69) is 24.5 Å². The molecule has 0 bridgehead atoms. The van der Waals surface area contributed by atoms with Crippen LogP contribution in [0.2, 0.25) is 0 Å². The first-order valence-electron chi connectivity index (χ1n) is 6.35. The number of amides is 1. The van der Waals surface area contributed by atoms with Crippen molar-refractivity contribution in [3.8, 4) is 0 Å². The van der Waals surface area contributed by atoms with Gasteiger partial charge in [0.25, 0.3) is 0 Å². The van der Waals surface area contributed by atoms with E-state index in [-0.39, 0.29) is 24.4 Å². The zero-order valence-electron chi connectivity index (χ0n) is 10.8. The van der Waals surface area contributed by atoms with Crippen molar-refractivity contribution in [2.24, 2.45) is 0 Å². The minimum absolute atomic E-state index is 0. The van der Waals surface area contributed by atoms with Crippen LogP contribution < -0.4 is 10.6 Å². The van der Waals surface area contributed by atoms with Crippen LogP contribution >= 0.6 is 24.2 Å². The lowest BCUT2D eigenvalue weighted by Crippen LogP contribution is -2.49. The van der Waals surface area contributed by atoms with Crippen molar-refractivity contribution >= 4 is 30.1 Å². The van der Waals surface area contributed by atoms with Crippen molar-refractivity contribution in [3.63, 3.8) is 0 Å². The van der Waals surface area contributed by atoms with Crippen molar-refractivity contribution in [2.75, 3.05) is 18.1 Å². The van der Waals surface area contributed by atoms with Crippen LogP contribution in [0.4, 0.5) is 0 Å². The number of carbonyl (C=O) groups is 1. The van der Waals surface area contributed by atoms with Crippen molar-refractivity contribution in [2.45, 2.75) is 51.6 Å². The number of thioether (sulfide) groups is 1. The minimum atomic E-state index is 0. The summed E-state index contributed by atoms with van der Waals surface area (Å²) in [4.78, 5) is 11.9. The lowest BCUT2D eigenvalue weighted by molar-refractivity contribution is -0.124. The molecule has 2 atom stereocenters. The van der Waals surface area contributed by atoms with Crippen LogP contribution in [0.5, 0.6) is 0 Å². The summed E-state index contributed by atoms with van der Waals surface area (Å²) in [6, 6.07) is 0.352. The van der Waals surface area contributed by atoms with Gasteiger partial charge in [0.05, 0.1) is 6.04 Å². The predicted molar refractivity (Wildman–Crippen MR) is 78.1 cm³/mol. The van der Waals surface area contributed by atoms with Gasteiger partial charge >= 0.3 is 0 Å². The fourth-order valence-electron chi connectivity index (χ4n) is 1.90. The molecule has 0 radical (unpaired) electrons. The van der Waals surface area contributed by atoms with Gasteiger partial charge in [-0.3, -0.25) is 4.79 Å². The molecule has 2 unspecified atom stereocenters. The Balaban J connectivity index is 0.00000256. The first-order valence-corrected chi connectivity index (χ1v) is 7.51. The monoisotopic (exact) mass is 280 g/mol. The van der Waals surface area contributed by atoms with Crippen LogP contribution in [0.15, 0.2) is 0 Å². The third kappa shape index (κ3) is 7.17.